The summed E-state index contributed by atoms with van der Waals surface area (Å²) in [7, 11) is 0. The number of pyridine rings is 1. The molecule has 0 radical (unpaired) electrons. The average molecular weight is 403 g/mol. The minimum absolute atomic E-state index is 0.0766. The monoisotopic (exact) mass is 403 g/mol. The van der Waals surface area contributed by atoms with Crippen LogP contribution in [0.1, 0.15) is 24.5 Å². The second kappa shape index (κ2) is 8.31. The van der Waals surface area contributed by atoms with E-state index in [1.54, 1.807) is 29.2 Å². The van der Waals surface area contributed by atoms with Crippen molar-refractivity contribution in [2.75, 3.05) is 37.6 Å². The van der Waals surface area contributed by atoms with E-state index in [0.29, 0.717) is 12.5 Å². The molecule has 0 N–H and O–H groups in total. The third-order valence-corrected chi connectivity index (χ3v) is 5.81. The van der Waals surface area contributed by atoms with Crippen molar-refractivity contribution < 1.29 is 0 Å². The van der Waals surface area contributed by atoms with Crippen LogP contribution in [0.5, 0.6) is 0 Å². The first-order valence-corrected chi connectivity index (χ1v) is 10.6. The molecule has 2 aliphatic rings. The Kier molecular flexibility index (Phi) is 5.23. The van der Waals surface area contributed by atoms with Gasteiger partial charge in [-0.05, 0) is 43.2 Å². The van der Waals surface area contributed by atoms with E-state index in [2.05, 4.69) is 42.2 Å². The third kappa shape index (κ3) is 4.23. The van der Waals surface area contributed by atoms with Gasteiger partial charge in [0, 0.05) is 62.7 Å². The van der Waals surface area contributed by atoms with Crippen molar-refractivity contribution in [3.05, 3.63) is 64.8 Å². The molecule has 3 aromatic heterocycles. The van der Waals surface area contributed by atoms with Crippen LogP contribution in [0.3, 0.4) is 0 Å². The Morgan fingerprint density at radius 2 is 1.80 bits per heavy atom. The summed E-state index contributed by atoms with van der Waals surface area (Å²) in [5.74, 6) is 1.60. The van der Waals surface area contributed by atoms with Crippen LogP contribution in [0.15, 0.2) is 53.6 Å². The SMILES string of the molecule is O=c1ccc(-c2cccnc2)nn1CCN1CCN(c2ccc(C3CC3)nn2)CC1. The molecular formula is C22H25N7O. The summed E-state index contributed by atoms with van der Waals surface area (Å²) >= 11 is 0. The Bertz CT molecular complexity index is 1040. The zero-order chi connectivity index (χ0) is 20.3. The maximum absolute atomic E-state index is 12.2. The molecule has 1 saturated heterocycles. The summed E-state index contributed by atoms with van der Waals surface area (Å²) in [4.78, 5) is 21.0. The molecule has 0 aromatic carbocycles. The van der Waals surface area contributed by atoms with Crippen LogP contribution in [0.2, 0.25) is 0 Å². The highest BCUT2D eigenvalue weighted by molar-refractivity contribution is 5.56. The van der Waals surface area contributed by atoms with Crippen molar-refractivity contribution in [3.8, 4) is 11.3 Å². The lowest BCUT2D eigenvalue weighted by Gasteiger charge is -2.35. The number of aromatic nitrogens is 5. The van der Waals surface area contributed by atoms with Crippen LogP contribution >= 0.6 is 0 Å². The Labute approximate surface area is 175 Å². The first-order chi connectivity index (χ1) is 14.8. The molecule has 1 saturated carbocycles. The molecule has 5 rings (SSSR count). The summed E-state index contributed by atoms with van der Waals surface area (Å²) in [6, 6.07) is 11.4. The van der Waals surface area contributed by atoms with Gasteiger partial charge in [-0.25, -0.2) is 4.68 Å². The van der Waals surface area contributed by atoms with Crippen LogP contribution in [0.25, 0.3) is 11.3 Å². The predicted molar refractivity (Wildman–Crippen MR) is 114 cm³/mol. The third-order valence-electron chi connectivity index (χ3n) is 5.81. The van der Waals surface area contributed by atoms with Gasteiger partial charge in [0.2, 0.25) is 0 Å². The van der Waals surface area contributed by atoms with E-state index in [1.807, 2.05) is 12.1 Å². The highest BCUT2D eigenvalue weighted by Gasteiger charge is 2.26. The summed E-state index contributed by atoms with van der Waals surface area (Å²) in [6.07, 6.45) is 5.98. The zero-order valence-corrected chi connectivity index (χ0v) is 16.9. The van der Waals surface area contributed by atoms with E-state index in [1.165, 1.54) is 12.8 Å². The van der Waals surface area contributed by atoms with E-state index in [-0.39, 0.29) is 5.56 Å². The molecule has 1 aliphatic heterocycles. The molecule has 8 nitrogen and oxygen atoms in total. The molecule has 3 aromatic rings. The molecule has 0 atom stereocenters. The van der Waals surface area contributed by atoms with Crippen LogP contribution in [0, 0.1) is 0 Å². The number of hydrogen-bond acceptors (Lipinski definition) is 7. The smallest absolute Gasteiger partial charge is 0.266 e. The van der Waals surface area contributed by atoms with Crippen LogP contribution in [0.4, 0.5) is 5.82 Å². The summed E-state index contributed by atoms with van der Waals surface area (Å²) < 4.78 is 1.55. The Morgan fingerprint density at radius 3 is 2.50 bits per heavy atom. The van der Waals surface area contributed by atoms with Gasteiger partial charge in [0.05, 0.1) is 17.9 Å². The van der Waals surface area contributed by atoms with Crippen LogP contribution in [-0.2, 0) is 6.54 Å². The molecule has 0 spiro atoms. The standard InChI is InChI=1S/C22H25N7O/c30-22-8-6-20(18-2-1-9-23-16-18)26-29(22)15-12-27-10-13-28(14-11-27)21-7-5-19(24-25-21)17-3-4-17/h1-2,5-9,16-17H,3-4,10-15H2. The fourth-order valence-corrected chi connectivity index (χ4v) is 3.82. The average Bonchev–Trinajstić information content (AvgIpc) is 3.65. The maximum atomic E-state index is 12.2. The lowest BCUT2D eigenvalue weighted by molar-refractivity contribution is 0.242. The second-order valence-corrected chi connectivity index (χ2v) is 7.94. The normalized spacial score (nSPS) is 17.3. The van der Waals surface area contributed by atoms with E-state index in [0.717, 1.165) is 55.5 Å². The molecule has 0 amide bonds. The Morgan fingerprint density at radius 1 is 0.933 bits per heavy atom. The molecule has 4 heterocycles. The van der Waals surface area contributed by atoms with Gasteiger partial charge in [0.25, 0.3) is 5.56 Å². The molecule has 8 heteroatoms. The number of nitrogens with zero attached hydrogens (tertiary/aromatic N) is 7. The molecule has 0 bridgehead atoms. The molecule has 2 fully saturated rings. The van der Waals surface area contributed by atoms with E-state index in [4.69, 9.17) is 0 Å². The molecular weight excluding hydrogens is 378 g/mol. The number of hydrogen-bond donors (Lipinski definition) is 0. The van der Waals surface area contributed by atoms with Crippen LogP contribution < -0.4 is 10.5 Å². The van der Waals surface area contributed by atoms with Gasteiger partial charge in [-0.2, -0.15) is 10.2 Å². The molecule has 0 unspecified atom stereocenters. The van der Waals surface area contributed by atoms with E-state index >= 15 is 0 Å². The van der Waals surface area contributed by atoms with Gasteiger partial charge in [-0.3, -0.25) is 14.7 Å². The largest absolute Gasteiger partial charge is 0.353 e. The highest BCUT2D eigenvalue weighted by Crippen LogP contribution is 2.38. The van der Waals surface area contributed by atoms with Crippen LogP contribution in [-0.4, -0.2) is 62.6 Å². The molecule has 1 aliphatic carbocycles. The highest BCUT2D eigenvalue weighted by atomic mass is 16.1. The lowest BCUT2D eigenvalue weighted by Crippen LogP contribution is -2.48. The first kappa shape index (κ1) is 18.9. The Balaban J connectivity index is 1.17. The van der Waals surface area contributed by atoms with E-state index in [9.17, 15) is 4.79 Å². The quantitative estimate of drug-likeness (QED) is 0.621. The van der Waals surface area contributed by atoms with Gasteiger partial charge in [-0.1, -0.05) is 0 Å². The number of anilines is 1. The maximum Gasteiger partial charge on any atom is 0.266 e. The van der Waals surface area contributed by atoms with Crippen molar-refractivity contribution in [1.29, 1.82) is 0 Å². The Hall–Kier alpha value is -3.13. The number of piperazine rings is 1. The lowest BCUT2D eigenvalue weighted by atomic mass is 10.2. The minimum Gasteiger partial charge on any atom is -0.353 e. The van der Waals surface area contributed by atoms with Gasteiger partial charge in [0.15, 0.2) is 5.82 Å². The topological polar surface area (TPSA) is 80.0 Å². The van der Waals surface area contributed by atoms with Crippen molar-refractivity contribution in [1.82, 2.24) is 29.9 Å². The van der Waals surface area contributed by atoms with E-state index < -0.39 is 0 Å². The predicted octanol–water partition coefficient (Wildman–Crippen LogP) is 1.79. The molecule has 154 valence electrons. The van der Waals surface area contributed by atoms with Gasteiger partial charge in [-0.15, -0.1) is 5.10 Å². The van der Waals surface area contributed by atoms with Crippen molar-refractivity contribution in [2.45, 2.75) is 25.3 Å². The summed E-state index contributed by atoms with van der Waals surface area (Å²) in [5, 5.41) is 13.4. The fourth-order valence-electron chi connectivity index (χ4n) is 3.82. The zero-order valence-electron chi connectivity index (χ0n) is 16.9. The van der Waals surface area contributed by atoms with Crippen molar-refractivity contribution in [2.24, 2.45) is 0 Å². The first-order valence-electron chi connectivity index (χ1n) is 10.6. The van der Waals surface area contributed by atoms with Crippen molar-refractivity contribution in [3.63, 3.8) is 0 Å². The molecule has 30 heavy (non-hydrogen) atoms. The van der Waals surface area contributed by atoms with Gasteiger partial charge >= 0.3 is 0 Å². The van der Waals surface area contributed by atoms with Gasteiger partial charge < -0.3 is 4.90 Å². The summed E-state index contributed by atoms with van der Waals surface area (Å²) in [6.45, 7) is 5.06. The number of rotatable bonds is 6. The van der Waals surface area contributed by atoms with Gasteiger partial charge in [0.1, 0.15) is 0 Å². The minimum atomic E-state index is -0.0766. The van der Waals surface area contributed by atoms with Crippen molar-refractivity contribution >= 4 is 5.82 Å². The summed E-state index contributed by atoms with van der Waals surface area (Å²) in [5.41, 5.74) is 2.73. The fraction of sp³-hybridized carbons (Fsp3) is 0.409. The second-order valence-electron chi connectivity index (χ2n) is 7.94.